The maximum atomic E-state index is 12.8. The minimum Gasteiger partial charge on any atom is -0.370 e. The second kappa shape index (κ2) is 9.17. The lowest BCUT2D eigenvalue weighted by Gasteiger charge is -2.35. The fourth-order valence-electron chi connectivity index (χ4n) is 3.11. The van der Waals surface area contributed by atoms with E-state index < -0.39 is 0 Å². The molecule has 6 nitrogen and oxygen atoms in total. The van der Waals surface area contributed by atoms with Crippen molar-refractivity contribution in [1.82, 2.24) is 14.9 Å². The Hall–Kier alpha value is -2.63. The van der Waals surface area contributed by atoms with Gasteiger partial charge in [-0.15, -0.1) is 0 Å². The molecule has 0 radical (unpaired) electrons. The van der Waals surface area contributed by atoms with Crippen LogP contribution in [-0.4, -0.2) is 53.5 Å². The number of pyridine rings is 2. The van der Waals surface area contributed by atoms with Gasteiger partial charge < -0.3 is 15.1 Å². The Morgan fingerprint density at radius 3 is 2.65 bits per heavy atom. The van der Waals surface area contributed by atoms with Crippen LogP contribution in [0.2, 0.25) is 0 Å². The van der Waals surface area contributed by atoms with Crippen LogP contribution in [0.5, 0.6) is 0 Å². The standard InChI is InChI=1S/C20H27N5O/c1-2-3-5-9-21-18-16-17(8-11-22-18)20(26)25-14-12-24(13-15-25)19-7-4-6-10-23-19/h4,6-8,10-11,16H,2-3,5,9,12-15H2,1H3,(H,21,22). The molecule has 0 aliphatic carbocycles. The second-order valence-corrected chi connectivity index (χ2v) is 6.53. The van der Waals surface area contributed by atoms with Gasteiger partial charge in [-0.05, 0) is 30.7 Å². The highest BCUT2D eigenvalue weighted by Crippen LogP contribution is 2.15. The summed E-state index contributed by atoms with van der Waals surface area (Å²) in [5.74, 6) is 1.82. The number of nitrogens with one attached hydrogen (secondary N) is 1. The van der Waals surface area contributed by atoms with Crippen molar-refractivity contribution in [1.29, 1.82) is 0 Å². The van der Waals surface area contributed by atoms with Crippen LogP contribution in [-0.2, 0) is 0 Å². The van der Waals surface area contributed by atoms with E-state index in [2.05, 4.69) is 27.1 Å². The SMILES string of the molecule is CCCCCNc1cc(C(=O)N2CCN(c3ccccn3)CC2)ccn1. The molecular formula is C20H27N5O. The maximum Gasteiger partial charge on any atom is 0.254 e. The Labute approximate surface area is 155 Å². The number of carbonyl (C=O) groups excluding carboxylic acids is 1. The van der Waals surface area contributed by atoms with E-state index in [0.29, 0.717) is 18.7 Å². The predicted octanol–water partition coefficient (Wildman–Crippen LogP) is 3.04. The molecule has 26 heavy (non-hydrogen) atoms. The highest BCUT2D eigenvalue weighted by atomic mass is 16.2. The van der Waals surface area contributed by atoms with Crippen molar-refractivity contribution in [3.8, 4) is 0 Å². The fourth-order valence-corrected chi connectivity index (χ4v) is 3.11. The third-order valence-electron chi connectivity index (χ3n) is 4.63. The summed E-state index contributed by atoms with van der Waals surface area (Å²) in [5, 5.41) is 3.31. The molecule has 0 atom stereocenters. The number of nitrogens with zero attached hydrogens (tertiary/aromatic N) is 4. The zero-order valence-electron chi connectivity index (χ0n) is 15.4. The van der Waals surface area contributed by atoms with Crippen LogP contribution in [0.25, 0.3) is 0 Å². The van der Waals surface area contributed by atoms with Crippen LogP contribution in [0.4, 0.5) is 11.6 Å². The summed E-state index contributed by atoms with van der Waals surface area (Å²) in [4.78, 5) is 25.6. The number of rotatable bonds is 7. The molecule has 1 saturated heterocycles. The Morgan fingerprint density at radius 2 is 1.92 bits per heavy atom. The normalized spacial score (nSPS) is 14.3. The summed E-state index contributed by atoms with van der Waals surface area (Å²) in [6.45, 7) is 6.09. The summed E-state index contributed by atoms with van der Waals surface area (Å²) in [5.41, 5.74) is 0.698. The molecule has 1 aliphatic rings. The summed E-state index contributed by atoms with van der Waals surface area (Å²) < 4.78 is 0. The third-order valence-corrected chi connectivity index (χ3v) is 4.63. The summed E-state index contributed by atoms with van der Waals surface area (Å²) >= 11 is 0. The van der Waals surface area contributed by atoms with Crippen LogP contribution < -0.4 is 10.2 Å². The maximum absolute atomic E-state index is 12.8. The van der Waals surface area contributed by atoms with Crippen LogP contribution in [0, 0.1) is 0 Å². The molecule has 0 bridgehead atoms. The smallest absolute Gasteiger partial charge is 0.254 e. The number of anilines is 2. The number of aromatic nitrogens is 2. The van der Waals surface area contributed by atoms with Crippen molar-refractivity contribution >= 4 is 17.5 Å². The average Bonchev–Trinajstić information content (AvgIpc) is 2.72. The van der Waals surface area contributed by atoms with Gasteiger partial charge in [-0.1, -0.05) is 25.8 Å². The molecule has 3 rings (SSSR count). The molecule has 2 aromatic rings. The van der Waals surface area contributed by atoms with E-state index >= 15 is 0 Å². The molecular weight excluding hydrogens is 326 g/mol. The van der Waals surface area contributed by atoms with Gasteiger partial charge in [-0.25, -0.2) is 9.97 Å². The number of hydrogen-bond acceptors (Lipinski definition) is 5. The molecule has 0 spiro atoms. The van der Waals surface area contributed by atoms with Crippen LogP contribution in [0.3, 0.4) is 0 Å². The van der Waals surface area contributed by atoms with Gasteiger partial charge >= 0.3 is 0 Å². The molecule has 2 aromatic heterocycles. The van der Waals surface area contributed by atoms with Gasteiger partial charge in [0, 0.05) is 50.7 Å². The lowest BCUT2D eigenvalue weighted by atomic mass is 10.2. The van der Waals surface area contributed by atoms with Crippen molar-refractivity contribution < 1.29 is 4.79 Å². The third kappa shape index (κ3) is 4.71. The van der Waals surface area contributed by atoms with Crippen molar-refractivity contribution in [2.45, 2.75) is 26.2 Å². The van der Waals surface area contributed by atoms with Crippen molar-refractivity contribution in [3.63, 3.8) is 0 Å². The first-order chi connectivity index (χ1) is 12.8. The zero-order valence-corrected chi connectivity index (χ0v) is 15.4. The topological polar surface area (TPSA) is 61.4 Å². The van der Waals surface area contributed by atoms with Gasteiger partial charge in [0.05, 0.1) is 0 Å². The van der Waals surface area contributed by atoms with Gasteiger partial charge in [0.1, 0.15) is 11.6 Å². The summed E-state index contributed by atoms with van der Waals surface area (Å²) in [6, 6.07) is 9.58. The van der Waals surface area contributed by atoms with Crippen LogP contribution in [0.15, 0.2) is 42.7 Å². The Morgan fingerprint density at radius 1 is 1.08 bits per heavy atom. The van der Waals surface area contributed by atoms with E-state index in [-0.39, 0.29) is 5.91 Å². The first-order valence-electron chi connectivity index (χ1n) is 9.43. The molecule has 3 heterocycles. The summed E-state index contributed by atoms with van der Waals surface area (Å²) in [7, 11) is 0. The van der Waals surface area contributed by atoms with E-state index in [1.54, 1.807) is 18.5 Å². The molecule has 1 aliphatic heterocycles. The number of hydrogen-bond donors (Lipinski definition) is 1. The number of amides is 1. The largest absolute Gasteiger partial charge is 0.370 e. The number of unbranched alkanes of at least 4 members (excludes halogenated alkanes) is 2. The minimum absolute atomic E-state index is 0.0738. The first-order valence-corrected chi connectivity index (χ1v) is 9.43. The van der Waals surface area contributed by atoms with Gasteiger partial charge in [-0.2, -0.15) is 0 Å². The van der Waals surface area contributed by atoms with E-state index in [1.165, 1.54) is 12.8 Å². The monoisotopic (exact) mass is 353 g/mol. The van der Waals surface area contributed by atoms with Gasteiger partial charge in [0.25, 0.3) is 5.91 Å². The Balaban J connectivity index is 1.55. The lowest BCUT2D eigenvalue weighted by molar-refractivity contribution is 0.0746. The van der Waals surface area contributed by atoms with Gasteiger partial charge in [-0.3, -0.25) is 4.79 Å². The van der Waals surface area contributed by atoms with Crippen molar-refractivity contribution in [3.05, 3.63) is 48.3 Å². The van der Waals surface area contributed by atoms with Gasteiger partial charge in [0.2, 0.25) is 0 Å². The quantitative estimate of drug-likeness (QED) is 0.775. The van der Waals surface area contributed by atoms with E-state index in [9.17, 15) is 4.79 Å². The minimum atomic E-state index is 0.0738. The highest BCUT2D eigenvalue weighted by Gasteiger charge is 2.23. The predicted molar refractivity (Wildman–Crippen MR) is 105 cm³/mol. The fraction of sp³-hybridized carbons (Fsp3) is 0.450. The number of carbonyl (C=O) groups is 1. The number of piperazine rings is 1. The first kappa shape index (κ1) is 18.2. The van der Waals surface area contributed by atoms with Crippen LogP contribution >= 0.6 is 0 Å². The molecule has 1 amide bonds. The van der Waals surface area contributed by atoms with E-state index in [1.807, 2.05) is 29.2 Å². The van der Waals surface area contributed by atoms with Crippen molar-refractivity contribution in [2.24, 2.45) is 0 Å². The molecule has 1 fully saturated rings. The van der Waals surface area contributed by atoms with Crippen molar-refractivity contribution in [2.75, 3.05) is 42.9 Å². The average molecular weight is 353 g/mol. The van der Waals surface area contributed by atoms with E-state index in [4.69, 9.17) is 0 Å². The molecule has 1 N–H and O–H groups in total. The Bertz CT molecular complexity index is 698. The Kier molecular flexibility index (Phi) is 6.41. The van der Waals surface area contributed by atoms with Gasteiger partial charge in [0.15, 0.2) is 0 Å². The molecule has 138 valence electrons. The lowest BCUT2D eigenvalue weighted by Crippen LogP contribution is -2.49. The zero-order chi connectivity index (χ0) is 18.2. The molecule has 0 unspecified atom stereocenters. The van der Waals surface area contributed by atoms with E-state index in [0.717, 1.165) is 37.7 Å². The van der Waals surface area contributed by atoms with Crippen LogP contribution in [0.1, 0.15) is 36.5 Å². The highest BCUT2D eigenvalue weighted by molar-refractivity contribution is 5.95. The summed E-state index contributed by atoms with van der Waals surface area (Å²) in [6.07, 6.45) is 7.02. The molecule has 6 heteroatoms. The second-order valence-electron chi connectivity index (χ2n) is 6.53. The molecule has 0 aromatic carbocycles. The molecule has 0 saturated carbocycles.